The first-order valence-electron chi connectivity index (χ1n) is 5.17. The van der Waals surface area contributed by atoms with Crippen molar-refractivity contribution in [2.75, 3.05) is 25.2 Å². The predicted octanol–water partition coefficient (Wildman–Crippen LogP) is 0.343. The van der Waals surface area contributed by atoms with Gasteiger partial charge >= 0.3 is 0 Å². The van der Waals surface area contributed by atoms with Gasteiger partial charge in [0.05, 0.1) is 5.75 Å². The lowest BCUT2D eigenvalue weighted by atomic mass is 10.3. The molecule has 2 N–H and O–H groups in total. The molecule has 0 saturated heterocycles. The van der Waals surface area contributed by atoms with Crippen molar-refractivity contribution in [1.82, 2.24) is 19.8 Å². The predicted molar refractivity (Wildman–Crippen MR) is 63.4 cm³/mol. The van der Waals surface area contributed by atoms with E-state index in [0.29, 0.717) is 10.9 Å². The largest absolute Gasteiger partial charge is 0.345 e. The van der Waals surface area contributed by atoms with E-state index < -0.39 is 0 Å². The summed E-state index contributed by atoms with van der Waals surface area (Å²) in [7, 11) is 1.81. The lowest BCUT2D eigenvalue weighted by Crippen LogP contribution is -2.29. The van der Waals surface area contributed by atoms with E-state index in [4.69, 9.17) is 5.84 Å². The maximum Gasteiger partial charge on any atom is 0.232 e. The van der Waals surface area contributed by atoms with Crippen molar-refractivity contribution >= 4 is 17.7 Å². The number of nitrogen functional groups attached to an aromatic ring is 1. The third-order valence-corrected chi connectivity index (χ3v) is 3.08. The van der Waals surface area contributed by atoms with Crippen LogP contribution in [-0.2, 0) is 4.79 Å². The Kier molecular flexibility index (Phi) is 5.10. The molecule has 1 amide bonds. The molecular weight excluding hydrogens is 226 g/mol. The van der Waals surface area contributed by atoms with E-state index in [1.54, 1.807) is 4.90 Å². The molecule has 0 aromatic carbocycles. The summed E-state index contributed by atoms with van der Waals surface area (Å²) in [5.74, 6) is 5.96. The molecular formula is C9H17N5OS. The fourth-order valence-corrected chi connectivity index (χ4v) is 1.87. The number of rotatable bonds is 6. The Morgan fingerprint density at radius 3 is 3.00 bits per heavy atom. The molecule has 0 aliphatic rings. The molecule has 0 atom stereocenters. The van der Waals surface area contributed by atoms with Crippen molar-refractivity contribution in [2.45, 2.75) is 24.9 Å². The van der Waals surface area contributed by atoms with E-state index in [9.17, 15) is 4.79 Å². The molecule has 6 nitrogen and oxygen atoms in total. The summed E-state index contributed by atoms with van der Waals surface area (Å²) in [6.45, 7) is 2.90. The lowest BCUT2D eigenvalue weighted by molar-refractivity contribution is -0.127. The highest BCUT2D eigenvalue weighted by Crippen LogP contribution is 2.12. The van der Waals surface area contributed by atoms with Gasteiger partial charge in [0.15, 0.2) is 0 Å². The molecule has 90 valence electrons. The second-order valence-electron chi connectivity index (χ2n) is 3.48. The quantitative estimate of drug-likeness (QED) is 0.576. The number of hydrogen-bond acceptors (Lipinski definition) is 5. The van der Waals surface area contributed by atoms with Gasteiger partial charge in [0.25, 0.3) is 0 Å². The Balaban J connectivity index is 2.32. The average Bonchev–Trinajstić information content (AvgIpc) is 2.68. The van der Waals surface area contributed by atoms with Gasteiger partial charge < -0.3 is 10.7 Å². The summed E-state index contributed by atoms with van der Waals surface area (Å²) in [5, 5.41) is 7.98. The standard InChI is InChI=1S/C9H17N5OS/c1-3-4-5-13(2)8(15)6-16-9-12-11-7-14(9)10/h7H,3-6,10H2,1-2H3. The van der Waals surface area contributed by atoms with E-state index in [-0.39, 0.29) is 5.91 Å². The Morgan fingerprint density at radius 1 is 1.69 bits per heavy atom. The zero-order valence-corrected chi connectivity index (χ0v) is 10.4. The number of carbonyl (C=O) groups excluding carboxylic acids is 1. The van der Waals surface area contributed by atoms with Gasteiger partial charge in [-0.05, 0) is 6.42 Å². The van der Waals surface area contributed by atoms with Crippen LogP contribution in [0.1, 0.15) is 19.8 Å². The molecule has 0 bridgehead atoms. The molecule has 16 heavy (non-hydrogen) atoms. The second-order valence-corrected chi connectivity index (χ2v) is 4.42. The van der Waals surface area contributed by atoms with E-state index >= 15 is 0 Å². The van der Waals surface area contributed by atoms with Crippen LogP contribution in [0.2, 0.25) is 0 Å². The maximum absolute atomic E-state index is 11.7. The highest BCUT2D eigenvalue weighted by molar-refractivity contribution is 7.99. The van der Waals surface area contributed by atoms with Crippen molar-refractivity contribution in [3.63, 3.8) is 0 Å². The Morgan fingerprint density at radius 2 is 2.44 bits per heavy atom. The molecule has 1 heterocycles. The molecule has 0 saturated carbocycles. The third kappa shape index (κ3) is 3.73. The van der Waals surface area contributed by atoms with Gasteiger partial charge in [-0.1, -0.05) is 25.1 Å². The number of carbonyl (C=O) groups is 1. The van der Waals surface area contributed by atoms with Gasteiger partial charge in [-0.15, -0.1) is 10.2 Å². The van der Waals surface area contributed by atoms with Crippen molar-refractivity contribution in [3.05, 3.63) is 6.33 Å². The minimum Gasteiger partial charge on any atom is -0.345 e. The number of nitrogens with zero attached hydrogens (tertiary/aromatic N) is 4. The van der Waals surface area contributed by atoms with E-state index in [2.05, 4.69) is 17.1 Å². The zero-order chi connectivity index (χ0) is 12.0. The highest BCUT2D eigenvalue weighted by Gasteiger charge is 2.10. The minimum atomic E-state index is 0.0847. The van der Waals surface area contributed by atoms with Crippen molar-refractivity contribution < 1.29 is 4.79 Å². The Bertz CT molecular complexity index is 340. The molecule has 0 unspecified atom stereocenters. The summed E-state index contributed by atoms with van der Waals surface area (Å²) in [5.41, 5.74) is 0. The van der Waals surface area contributed by atoms with Crippen LogP contribution >= 0.6 is 11.8 Å². The Hall–Kier alpha value is -1.24. The van der Waals surface area contributed by atoms with Crippen LogP contribution in [0.25, 0.3) is 0 Å². The molecule has 7 heteroatoms. The molecule has 0 fully saturated rings. The molecule has 0 radical (unpaired) electrons. The molecule has 0 aliphatic carbocycles. The first kappa shape index (κ1) is 12.8. The van der Waals surface area contributed by atoms with Gasteiger partial charge in [-0.2, -0.15) is 0 Å². The Labute approximate surface area is 99.2 Å². The molecule has 1 aromatic rings. The summed E-state index contributed by atoms with van der Waals surface area (Å²) in [6, 6.07) is 0. The zero-order valence-electron chi connectivity index (χ0n) is 9.59. The lowest BCUT2D eigenvalue weighted by Gasteiger charge is -2.15. The average molecular weight is 243 g/mol. The normalized spacial score (nSPS) is 10.4. The number of nitrogens with two attached hydrogens (primary N) is 1. The first-order chi connectivity index (χ1) is 7.65. The number of aromatic nitrogens is 3. The summed E-state index contributed by atoms with van der Waals surface area (Å²) < 4.78 is 1.31. The number of amides is 1. The van der Waals surface area contributed by atoms with Gasteiger partial charge in [-0.3, -0.25) is 4.79 Å². The monoisotopic (exact) mass is 243 g/mol. The molecule has 1 aromatic heterocycles. The SMILES string of the molecule is CCCCN(C)C(=O)CSc1nncn1N. The van der Waals surface area contributed by atoms with Gasteiger partial charge in [0.1, 0.15) is 6.33 Å². The van der Waals surface area contributed by atoms with Crippen LogP contribution in [0, 0.1) is 0 Å². The number of unbranched alkanes of at least 4 members (excludes halogenated alkanes) is 1. The summed E-state index contributed by atoms with van der Waals surface area (Å²) in [6.07, 6.45) is 3.52. The molecule has 0 aliphatic heterocycles. The number of hydrogen-bond donors (Lipinski definition) is 1. The number of thioether (sulfide) groups is 1. The van der Waals surface area contributed by atoms with Crippen LogP contribution in [0.5, 0.6) is 0 Å². The van der Waals surface area contributed by atoms with Crippen LogP contribution in [0.3, 0.4) is 0 Å². The van der Waals surface area contributed by atoms with E-state index in [1.165, 1.54) is 22.8 Å². The fourth-order valence-electron chi connectivity index (χ4n) is 1.09. The van der Waals surface area contributed by atoms with Crippen LogP contribution in [-0.4, -0.2) is 45.0 Å². The first-order valence-corrected chi connectivity index (χ1v) is 6.15. The summed E-state index contributed by atoms with van der Waals surface area (Å²) >= 11 is 1.30. The van der Waals surface area contributed by atoms with Gasteiger partial charge in [0.2, 0.25) is 11.1 Å². The third-order valence-electron chi connectivity index (χ3n) is 2.14. The van der Waals surface area contributed by atoms with E-state index in [0.717, 1.165) is 19.4 Å². The van der Waals surface area contributed by atoms with Gasteiger partial charge in [-0.25, -0.2) is 4.68 Å². The highest BCUT2D eigenvalue weighted by atomic mass is 32.2. The van der Waals surface area contributed by atoms with Crippen molar-refractivity contribution in [1.29, 1.82) is 0 Å². The topological polar surface area (TPSA) is 77.0 Å². The van der Waals surface area contributed by atoms with Crippen LogP contribution < -0.4 is 5.84 Å². The van der Waals surface area contributed by atoms with E-state index in [1.807, 2.05) is 7.05 Å². The minimum absolute atomic E-state index is 0.0847. The second kappa shape index (κ2) is 6.37. The van der Waals surface area contributed by atoms with Crippen LogP contribution in [0.15, 0.2) is 11.5 Å². The maximum atomic E-state index is 11.7. The van der Waals surface area contributed by atoms with Crippen molar-refractivity contribution in [3.8, 4) is 0 Å². The summed E-state index contributed by atoms with van der Waals surface area (Å²) in [4.78, 5) is 13.4. The molecule has 0 spiro atoms. The van der Waals surface area contributed by atoms with Gasteiger partial charge in [0, 0.05) is 13.6 Å². The fraction of sp³-hybridized carbons (Fsp3) is 0.667. The van der Waals surface area contributed by atoms with Crippen molar-refractivity contribution in [2.24, 2.45) is 0 Å². The molecule has 1 rings (SSSR count). The van der Waals surface area contributed by atoms with Crippen LogP contribution in [0.4, 0.5) is 0 Å². The smallest absolute Gasteiger partial charge is 0.232 e.